The molecule has 0 unspecified atom stereocenters. The first-order valence-corrected chi connectivity index (χ1v) is 6.10. The molecule has 0 saturated carbocycles. The van der Waals surface area contributed by atoms with Gasteiger partial charge in [-0.05, 0) is 46.3 Å². The Morgan fingerprint density at radius 3 is 2.56 bits per heavy atom. The van der Waals surface area contributed by atoms with Crippen molar-refractivity contribution in [2.75, 3.05) is 5.73 Å². The van der Waals surface area contributed by atoms with Crippen LogP contribution in [0.25, 0.3) is 0 Å². The Kier molecular flexibility index (Phi) is 3.46. The van der Waals surface area contributed by atoms with E-state index in [4.69, 9.17) is 5.73 Å². The van der Waals surface area contributed by atoms with E-state index in [0.717, 1.165) is 4.90 Å². The highest BCUT2D eigenvalue weighted by atomic mass is 79.9. The zero-order valence-electron chi connectivity index (χ0n) is 8.15. The molecular weight excluding hydrogens is 291 g/mol. The van der Waals surface area contributed by atoms with Crippen molar-refractivity contribution in [3.8, 4) is 0 Å². The van der Waals surface area contributed by atoms with Crippen molar-refractivity contribution < 1.29 is 4.39 Å². The summed E-state index contributed by atoms with van der Waals surface area (Å²) in [5, 5.41) is 0.355. The van der Waals surface area contributed by atoms with Crippen LogP contribution >= 0.6 is 27.7 Å². The summed E-state index contributed by atoms with van der Waals surface area (Å²) in [5.41, 5.74) is 6.25. The number of anilines is 1. The number of nitrogen functional groups attached to an aromatic ring is 1. The molecule has 0 radical (unpaired) electrons. The number of benzene rings is 1. The van der Waals surface area contributed by atoms with Gasteiger partial charge in [-0.25, -0.2) is 9.37 Å². The molecule has 0 aliphatic rings. The highest BCUT2D eigenvalue weighted by Crippen LogP contribution is 2.29. The number of hydrogen-bond acceptors (Lipinski definition) is 3. The van der Waals surface area contributed by atoms with Crippen LogP contribution in [0.3, 0.4) is 0 Å². The van der Waals surface area contributed by atoms with Crippen molar-refractivity contribution in [1.29, 1.82) is 0 Å². The van der Waals surface area contributed by atoms with Crippen LogP contribution in [0.2, 0.25) is 0 Å². The lowest BCUT2D eigenvalue weighted by Crippen LogP contribution is -1.87. The largest absolute Gasteiger partial charge is 0.399 e. The predicted octanol–water partition coefficient (Wildman–Crippen LogP) is 3.72. The van der Waals surface area contributed by atoms with E-state index in [1.807, 2.05) is 12.1 Å². The molecule has 0 fully saturated rings. The molecule has 1 aromatic carbocycles. The Morgan fingerprint density at radius 2 is 1.94 bits per heavy atom. The monoisotopic (exact) mass is 298 g/mol. The Labute approximate surface area is 105 Å². The van der Waals surface area contributed by atoms with Gasteiger partial charge in [0.1, 0.15) is 5.03 Å². The summed E-state index contributed by atoms with van der Waals surface area (Å²) in [6, 6.07) is 8.62. The first-order chi connectivity index (χ1) is 7.65. The van der Waals surface area contributed by atoms with E-state index in [2.05, 4.69) is 20.9 Å². The van der Waals surface area contributed by atoms with Gasteiger partial charge in [-0.3, -0.25) is 0 Å². The van der Waals surface area contributed by atoms with Gasteiger partial charge in [0.05, 0.1) is 0 Å². The molecule has 2 rings (SSSR count). The first kappa shape index (κ1) is 11.4. The van der Waals surface area contributed by atoms with E-state index < -0.39 is 0 Å². The summed E-state index contributed by atoms with van der Waals surface area (Å²) in [6.07, 6.45) is 1.57. The number of halogens is 2. The molecule has 0 spiro atoms. The zero-order chi connectivity index (χ0) is 11.5. The van der Waals surface area contributed by atoms with Crippen LogP contribution in [0.15, 0.2) is 50.9 Å². The van der Waals surface area contributed by atoms with Crippen LogP contribution in [-0.2, 0) is 0 Å². The van der Waals surface area contributed by atoms with Gasteiger partial charge in [0, 0.05) is 21.3 Å². The van der Waals surface area contributed by atoms with Crippen molar-refractivity contribution in [2.24, 2.45) is 0 Å². The molecule has 5 heteroatoms. The third-order valence-corrected chi connectivity index (χ3v) is 3.30. The molecule has 0 bridgehead atoms. The van der Waals surface area contributed by atoms with E-state index in [-0.39, 0.29) is 5.82 Å². The van der Waals surface area contributed by atoms with Gasteiger partial charge in [-0.2, -0.15) is 0 Å². The molecule has 1 heterocycles. The topological polar surface area (TPSA) is 38.9 Å². The van der Waals surface area contributed by atoms with Crippen LogP contribution in [0.1, 0.15) is 0 Å². The van der Waals surface area contributed by atoms with Gasteiger partial charge in [-0.15, -0.1) is 0 Å². The number of hydrogen-bond donors (Lipinski definition) is 1. The minimum Gasteiger partial charge on any atom is -0.399 e. The highest BCUT2D eigenvalue weighted by molar-refractivity contribution is 9.10. The maximum Gasteiger partial charge on any atom is 0.156 e. The quantitative estimate of drug-likeness (QED) is 0.859. The second-order valence-corrected chi connectivity index (χ2v) is 5.09. The fourth-order valence-electron chi connectivity index (χ4n) is 1.12. The number of pyridine rings is 1. The Hall–Kier alpha value is -1.07. The van der Waals surface area contributed by atoms with Crippen molar-refractivity contribution in [2.45, 2.75) is 9.92 Å². The first-order valence-electron chi connectivity index (χ1n) is 4.49. The lowest BCUT2D eigenvalue weighted by Gasteiger charge is -2.02. The average Bonchev–Trinajstić information content (AvgIpc) is 2.25. The summed E-state index contributed by atoms with van der Waals surface area (Å²) < 4.78 is 14.1. The smallest absolute Gasteiger partial charge is 0.156 e. The molecule has 2 nitrogen and oxygen atoms in total. The van der Waals surface area contributed by atoms with Gasteiger partial charge < -0.3 is 5.73 Å². The molecule has 2 aromatic rings. The number of aromatic nitrogens is 1. The van der Waals surface area contributed by atoms with Gasteiger partial charge in [-0.1, -0.05) is 11.8 Å². The summed E-state index contributed by atoms with van der Waals surface area (Å²) in [7, 11) is 0. The van der Waals surface area contributed by atoms with Gasteiger partial charge >= 0.3 is 0 Å². The van der Waals surface area contributed by atoms with Crippen molar-refractivity contribution >= 4 is 33.4 Å². The normalized spacial score (nSPS) is 10.4. The molecule has 16 heavy (non-hydrogen) atoms. The summed E-state index contributed by atoms with van der Waals surface area (Å²) >= 11 is 4.43. The summed E-state index contributed by atoms with van der Waals surface area (Å²) in [4.78, 5) is 4.91. The van der Waals surface area contributed by atoms with E-state index in [9.17, 15) is 4.39 Å². The number of nitrogens with two attached hydrogens (primary N) is 1. The third-order valence-electron chi connectivity index (χ3n) is 1.87. The summed E-state index contributed by atoms with van der Waals surface area (Å²) in [5.74, 6) is -0.337. The maximum atomic E-state index is 13.5. The molecule has 0 saturated heterocycles. The van der Waals surface area contributed by atoms with Crippen LogP contribution < -0.4 is 5.73 Å². The second kappa shape index (κ2) is 4.84. The average molecular weight is 299 g/mol. The second-order valence-electron chi connectivity index (χ2n) is 3.11. The third kappa shape index (κ3) is 2.74. The number of nitrogens with zero attached hydrogens (tertiary/aromatic N) is 1. The van der Waals surface area contributed by atoms with Gasteiger partial charge in [0.15, 0.2) is 5.82 Å². The van der Waals surface area contributed by atoms with Crippen LogP contribution in [0.4, 0.5) is 10.1 Å². The molecule has 0 aliphatic heterocycles. The molecule has 82 valence electrons. The Bertz CT molecular complexity index is 502. The highest BCUT2D eigenvalue weighted by Gasteiger charge is 2.06. The molecular formula is C11H8BrFN2S. The van der Waals surface area contributed by atoms with E-state index in [1.54, 1.807) is 18.3 Å². The van der Waals surface area contributed by atoms with E-state index in [0.29, 0.717) is 15.2 Å². The van der Waals surface area contributed by atoms with Crippen LogP contribution in [0, 0.1) is 5.82 Å². The minimum atomic E-state index is -0.337. The zero-order valence-corrected chi connectivity index (χ0v) is 10.6. The fourth-order valence-corrected chi connectivity index (χ4v) is 2.19. The summed E-state index contributed by atoms with van der Waals surface area (Å²) in [6.45, 7) is 0. The maximum absolute atomic E-state index is 13.5. The van der Waals surface area contributed by atoms with E-state index >= 15 is 0 Å². The van der Waals surface area contributed by atoms with Gasteiger partial charge in [0.25, 0.3) is 0 Å². The molecule has 1 aromatic heterocycles. The van der Waals surface area contributed by atoms with Crippen LogP contribution in [0.5, 0.6) is 0 Å². The fraction of sp³-hybridized carbons (Fsp3) is 0. The molecule has 2 N–H and O–H groups in total. The minimum absolute atomic E-state index is 0.337. The van der Waals surface area contributed by atoms with Crippen molar-refractivity contribution in [3.63, 3.8) is 0 Å². The predicted molar refractivity (Wildman–Crippen MR) is 66.9 cm³/mol. The van der Waals surface area contributed by atoms with Crippen LogP contribution in [-0.4, -0.2) is 4.98 Å². The van der Waals surface area contributed by atoms with E-state index in [1.165, 1.54) is 17.8 Å². The Morgan fingerprint density at radius 1 is 1.25 bits per heavy atom. The Balaban J connectivity index is 2.23. The molecule has 0 atom stereocenters. The molecule has 0 aliphatic carbocycles. The van der Waals surface area contributed by atoms with Gasteiger partial charge in [0.2, 0.25) is 0 Å². The van der Waals surface area contributed by atoms with Crippen molar-refractivity contribution in [1.82, 2.24) is 4.98 Å². The molecule has 0 amide bonds. The lowest BCUT2D eigenvalue weighted by molar-refractivity contribution is 0.586. The standard InChI is InChI=1S/C11H8BrFN2S/c12-7-5-10(13)11(15-6-7)16-9-3-1-8(14)2-4-9/h1-6H,14H2. The van der Waals surface area contributed by atoms with Crippen molar-refractivity contribution in [3.05, 3.63) is 46.8 Å². The SMILES string of the molecule is Nc1ccc(Sc2ncc(Br)cc2F)cc1. The lowest BCUT2D eigenvalue weighted by atomic mass is 10.3. The number of rotatable bonds is 2.